The predicted molar refractivity (Wildman–Crippen MR) is 114 cm³/mol. The molecule has 0 aliphatic carbocycles. The number of amides is 3. The largest absolute Gasteiger partial charge is 0.398 e. The van der Waals surface area contributed by atoms with Gasteiger partial charge in [0.05, 0.1) is 5.57 Å². The van der Waals surface area contributed by atoms with Crippen LogP contribution in [0.4, 0.5) is 22.0 Å². The average molecular weight is 392 g/mol. The summed E-state index contributed by atoms with van der Waals surface area (Å²) in [6, 6.07) is 8.59. The van der Waals surface area contributed by atoms with Gasteiger partial charge in [0.25, 0.3) is 5.91 Å². The Morgan fingerprint density at radius 3 is 2.59 bits per heavy atom. The van der Waals surface area contributed by atoms with E-state index in [4.69, 9.17) is 22.3 Å². The molecule has 0 spiro atoms. The first-order valence-corrected chi connectivity index (χ1v) is 8.38. The Bertz CT molecular complexity index is 1030. The third-order valence-electron chi connectivity index (χ3n) is 3.70. The van der Waals surface area contributed by atoms with Crippen molar-refractivity contribution in [1.82, 2.24) is 4.98 Å². The molecule has 0 aliphatic heterocycles. The van der Waals surface area contributed by atoms with Crippen molar-refractivity contribution in [1.29, 1.82) is 10.8 Å². The lowest BCUT2D eigenvalue weighted by molar-refractivity contribution is -0.112. The van der Waals surface area contributed by atoms with Crippen LogP contribution in [-0.4, -0.2) is 35.2 Å². The average Bonchev–Trinajstić information content (AvgIpc) is 2.70. The third-order valence-corrected chi connectivity index (χ3v) is 3.70. The highest BCUT2D eigenvalue weighted by Crippen LogP contribution is 2.16. The molecule has 0 saturated carbocycles. The van der Waals surface area contributed by atoms with Crippen molar-refractivity contribution in [2.75, 3.05) is 16.4 Å². The molecular weight excluding hydrogens is 372 g/mol. The molecule has 8 N–H and O–H groups in total. The first-order valence-electron chi connectivity index (χ1n) is 8.38. The van der Waals surface area contributed by atoms with Gasteiger partial charge >= 0.3 is 6.03 Å². The van der Waals surface area contributed by atoms with Crippen molar-refractivity contribution in [2.24, 2.45) is 10.7 Å². The summed E-state index contributed by atoms with van der Waals surface area (Å²) in [5, 5.41) is 19.5. The second-order valence-corrected chi connectivity index (χ2v) is 5.67. The number of carbonyl (C=O) groups excluding carboxylic acids is 2. The molecule has 148 valence electrons. The normalized spacial score (nSPS) is 11.5. The number of anilines is 3. The zero-order valence-electron chi connectivity index (χ0n) is 15.6. The number of nitrogens with one attached hydrogen (secondary N) is 4. The summed E-state index contributed by atoms with van der Waals surface area (Å²) in [5.74, 6) is -0.452. The highest BCUT2D eigenvalue weighted by atomic mass is 16.2. The molecule has 0 atom stereocenters. The number of hydrogen-bond donors (Lipinski definition) is 6. The fourth-order valence-electron chi connectivity index (χ4n) is 2.21. The predicted octanol–water partition coefficient (Wildman–Crippen LogP) is 2.13. The lowest BCUT2D eigenvalue weighted by atomic mass is 10.2. The highest BCUT2D eigenvalue weighted by molar-refractivity contribution is 6.17. The van der Waals surface area contributed by atoms with Crippen molar-refractivity contribution in [3.05, 3.63) is 59.3 Å². The summed E-state index contributed by atoms with van der Waals surface area (Å²) in [6.07, 6.45) is 3.50. The third kappa shape index (κ3) is 5.57. The smallest absolute Gasteiger partial charge is 0.347 e. The molecule has 0 saturated heterocycles. The van der Waals surface area contributed by atoms with Gasteiger partial charge in [0, 0.05) is 29.4 Å². The van der Waals surface area contributed by atoms with Crippen LogP contribution >= 0.6 is 0 Å². The Morgan fingerprint density at radius 1 is 1.17 bits per heavy atom. The number of urea groups is 1. The molecule has 0 aliphatic rings. The van der Waals surface area contributed by atoms with E-state index in [9.17, 15) is 9.59 Å². The summed E-state index contributed by atoms with van der Waals surface area (Å²) in [6.45, 7) is 1.64. The van der Waals surface area contributed by atoms with Gasteiger partial charge in [-0.3, -0.25) is 4.79 Å². The number of rotatable bonds is 6. The van der Waals surface area contributed by atoms with E-state index in [-0.39, 0.29) is 22.9 Å². The molecule has 1 aromatic heterocycles. The molecule has 2 rings (SSSR count). The highest BCUT2D eigenvalue weighted by Gasteiger charge is 2.10. The van der Waals surface area contributed by atoms with E-state index < -0.39 is 11.9 Å². The Morgan fingerprint density at radius 2 is 1.93 bits per heavy atom. The molecule has 0 bridgehead atoms. The van der Waals surface area contributed by atoms with Crippen LogP contribution < -0.4 is 22.1 Å². The van der Waals surface area contributed by atoms with Crippen molar-refractivity contribution >= 4 is 47.4 Å². The second-order valence-electron chi connectivity index (χ2n) is 5.67. The van der Waals surface area contributed by atoms with E-state index in [0.717, 1.165) is 12.4 Å². The van der Waals surface area contributed by atoms with Crippen LogP contribution in [0.25, 0.3) is 0 Å². The number of aromatic nitrogens is 1. The molecule has 29 heavy (non-hydrogen) atoms. The number of hydrogen-bond acceptors (Lipinski definition) is 6. The maximum Gasteiger partial charge on any atom is 0.347 e. The van der Waals surface area contributed by atoms with Crippen LogP contribution in [0, 0.1) is 10.8 Å². The number of aliphatic imine (C=N–C) groups is 1. The summed E-state index contributed by atoms with van der Waals surface area (Å²) in [4.78, 5) is 32.0. The van der Waals surface area contributed by atoms with Gasteiger partial charge < -0.3 is 32.9 Å². The molecule has 10 heteroatoms. The van der Waals surface area contributed by atoms with Crippen LogP contribution in [0.3, 0.4) is 0 Å². The minimum atomic E-state index is -0.737. The summed E-state index contributed by atoms with van der Waals surface area (Å²) in [7, 11) is 0. The van der Waals surface area contributed by atoms with E-state index in [1.807, 2.05) is 0 Å². The monoisotopic (exact) mass is 392 g/mol. The SMILES string of the molecule is C/C=C(\C=N)C(=O)Nc1cccc(/C(N)=N/C(=O)Nc2ccc(N)c(C=N)c2)n1. The Balaban J connectivity index is 2.14. The van der Waals surface area contributed by atoms with Crippen molar-refractivity contribution in [3.8, 4) is 0 Å². The summed E-state index contributed by atoms with van der Waals surface area (Å²) < 4.78 is 0. The Hall–Kier alpha value is -4.34. The molecule has 1 heterocycles. The summed E-state index contributed by atoms with van der Waals surface area (Å²) >= 11 is 0. The zero-order valence-corrected chi connectivity index (χ0v) is 15.6. The standard InChI is InChI=1S/C19H20N8O2/c1-2-11(9-20)18(28)26-16-5-3-4-15(25-16)17(23)27-19(29)24-13-6-7-14(22)12(8-13)10-21/h2-10,20-21H,22H2,1H3,(H,25,26,28)(H3,23,24,27,29)/b11-2+,20-9?,21-10?. The fourth-order valence-corrected chi connectivity index (χ4v) is 2.21. The number of allylic oxidation sites excluding steroid dienone is 1. The lowest BCUT2D eigenvalue weighted by Gasteiger charge is -2.07. The Kier molecular flexibility index (Phi) is 6.91. The minimum absolute atomic E-state index is 0.153. The fraction of sp³-hybridized carbons (Fsp3) is 0.0526. The number of amidine groups is 1. The van der Waals surface area contributed by atoms with Crippen LogP contribution in [0.5, 0.6) is 0 Å². The lowest BCUT2D eigenvalue weighted by Crippen LogP contribution is -2.21. The van der Waals surface area contributed by atoms with Crippen LogP contribution in [0.15, 0.2) is 53.0 Å². The van der Waals surface area contributed by atoms with Gasteiger partial charge in [-0.25, -0.2) is 9.78 Å². The topological polar surface area (TPSA) is 183 Å². The molecule has 0 fully saturated rings. The maximum atomic E-state index is 12.1. The van der Waals surface area contributed by atoms with Crippen molar-refractivity contribution < 1.29 is 9.59 Å². The molecule has 10 nitrogen and oxygen atoms in total. The van der Waals surface area contributed by atoms with Gasteiger partial charge in [-0.15, -0.1) is 0 Å². The van der Waals surface area contributed by atoms with Gasteiger partial charge in [-0.2, -0.15) is 4.99 Å². The number of nitrogens with two attached hydrogens (primary N) is 2. The number of benzene rings is 1. The van der Waals surface area contributed by atoms with Crippen LogP contribution in [0.2, 0.25) is 0 Å². The minimum Gasteiger partial charge on any atom is -0.398 e. The second kappa shape index (κ2) is 9.55. The molecule has 2 aromatic rings. The van der Waals surface area contributed by atoms with Gasteiger partial charge in [0.15, 0.2) is 5.84 Å². The van der Waals surface area contributed by atoms with E-state index in [2.05, 4.69) is 20.6 Å². The maximum absolute atomic E-state index is 12.1. The van der Waals surface area contributed by atoms with E-state index in [1.54, 1.807) is 31.2 Å². The van der Waals surface area contributed by atoms with Gasteiger partial charge in [0.1, 0.15) is 11.5 Å². The van der Waals surface area contributed by atoms with Crippen molar-refractivity contribution in [3.63, 3.8) is 0 Å². The number of nitrogens with zero attached hydrogens (tertiary/aromatic N) is 2. The first kappa shape index (κ1) is 21.0. The van der Waals surface area contributed by atoms with E-state index in [1.165, 1.54) is 18.2 Å². The van der Waals surface area contributed by atoms with Gasteiger partial charge in [-0.05, 0) is 37.3 Å². The van der Waals surface area contributed by atoms with Crippen molar-refractivity contribution in [2.45, 2.75) is 6.92 Å². The Labute approximate surface area is 166 Å². The molecule has 0 radical (unpaired) electrons. The molecule has 1 aromatic carbocycles. The van der Waals surface area contributed by atoms with E-state index >= 15 is 0 Å². The van der Waals surface area contributed by atoms with E-state index in [0.29, 0.717) is 16.9 Å². The first-order chi connectivity index (χ1) is 13.9. The van der Waals surface area contributed by atoms with Crippen LogP contribution in [-0.2, 0) is 4.79 Å². The van der Waals surface area contributed by atoms with Gasteiger partial charge in [0.2, 0.25) is 0 Å². The molecular formula is C19H20N8O2. The number of nitrogen functional groups attached to an aromatic ring is 1. The summed E-state index contributed by atoms with van der Waals surface area (Å²) in [5.41, 5.74) is 13.2. The number of pyridine rings is 1. The number of carbonyl (C=O) groups is 2. The van der Waals surface area contributed by atoms with Crippen LogP contribution in [0.1, 0.15) is 18.2 Å². The zero-order chi connectivity index (χ0) is 21.4. The molecule has 0 unspecified atom stereocenters. The van der Waals surface area contributed by atoms with Gasteiger partial charge in [-0.1, -0.05) is 12.1 Å². The molecule has 3 amide bonds. The quantitative estimate of drug-likeness (QED) is 0.190.